The summed E-state index contributed by atoms with van der Waals surface area (Å²) in [7, 11) is 1.46. The van der Waals surface area contributed by atoms with Crippen molar-refractivity contribution in [3.05, 3.63) is 102 Å². The summed E-state index contributed by atoms with van der Waals surface area (Å²) in [6.07, 6.45) is 1.70. The molecule has 0 atom stereocenters. The van der Waals surface area contributed by atoms with Crippen molar-refractivity contribution in [1.29, 1.82) is 0 Å². The second kappa shape index (κ2) is 8.22. The molecule has 140 valence electrons. The van der Waals surface area contributed by atoms with E-state index in [1.807, 2.05) is 48.5 Å². The van der Waals surface area contributed by atoms with Crippen LogP contribution in [0.15, 0.2) is 89.9 Å². The van der Waals surface area contributed by atoms with E-state index in [1.165, 1.54) is 12.7 Å². The van der Waals surface area contributed by atoms with Gasteiger partial charge in [0, 0.05) is 11.1 Å². The predicted octanol–water partition coefficient (Wildman–Crippen LogP) is 5.52. The topological polar surface area (TPSA) is 38.7 Å². The van der Waals surface area contributed by atoms with Crippen LogP contribution in [0.1, 0.15) is 35.4 Å². The predicted molar refractivity (Wildman–Crippen MR) is 112 cm³/mol. The number of aliphatic imine (C=N–C) groups is 1. The van der Waals surface area contributed by atoms with Crippen LogP contribution in [-0.4, -0.2) is 18.8 Å². The molecule has 1 fully saturated rings. The molecule has 1 aliphatic rings. The Morgan fingerprint density at radius 1 is 0.857 bits per heavy atom. The number of hydrogen-bond donors (Lipinski definition) is 0. The molecule has 3 heteroatoms. The third-order valence-corrected chi connectivity index (χ3v) is 5.35. The van der Waals surface area contributed by atoms with Crippen molar-refractivity contribution in [3.8, 4) is 0 Å². The summed E-state index contributed by atoms with van der Waals surface area (Å²) in [4.78, 5) is 16.6. The Labute approximate surface area is 165 Å². The molecule has 3 nitrogen and oxygen atoms in total. The van der Waals surface area contributed by atoms with Crippen LogP contribution in [0, 0.1) is 5.92 Å². The fraction of sp³-hybridized carbons (Fsp3) is 0.200. The standard InChI is InChI=1S/C25H23NO2/c1-28-25(27)22-15-21(16-22)20-13-8-14-23(17-20)26-24(18-9-4-2-5-10-18)19-11-6-3-7-12-19/h2-14,17,21-22H,15-16H2,1H3. The fourth-order valence-electron chi connectivity index (χ4n) is 3.71. The highest BCUT2D eigenvalue weighted by Gasteiger charge is 2.36. The molecule has 0 N–H and O–H groups in total. The molecule has 4 rings (SSSR count). The zero-order valence-electron chi connectivity index (χ0n) is 15.9. The number of rotatable bonds is 5. The normalized spacial score (nSPS) is 18.0. The summed E-state index contributed by atoms with van der Waals surface area (Å²) in [5.74, 6) is 0.336. The molecule has 0 aliphatic heterocycles. The van der Waals surface area contributed by atoms with E-state index in [4.69, 9.17) is 9.73 Å². The monoisotopic (exact) mass is 369 g/mol. The maximum atomic E-state index is 11.7. The molecule has 0 bridgehead atoms. The Hall–Kier alpha value is -3.20. The van der Waals surface area contributed by atoms with Crippen molar-refractivity contribution in [2.75, 3.05) is 7.11 Å². The summed E-state index contributed by atoms with van der Waals surface area (Å²) < 4.78 is 4.85. The number of carbonyl (C=O) groups is 1. The van der Waals surface area contributed by atoms with E-state index in [-0.39, 0.29) is 11.9 Å². The van der Waals surface area contributed by atoms with Gasteiger partial charge in [-0.1, -0.05) is 72.8 Å². The summed E-state index contributed by atoms with van der Waals surface area (Å²) in [5, 5.41) is 0. The first-order chi connectivity index (χ1) is 13.7. The third kappa shape index (κ3) is 3.89. The van der Waals surface area contributed by atoms with Crippen LogP contribution in [-0.2, 0) is 9.53 Å². The summed E-state index contributed by atoms with van der Waals surface area (Å²) in [6.45, 7) is 0. The second-order valence-electron chi connectivity index (χ2n) is 7.18. The van der Waals surface area contributed by atoms with E-state index in [0.29, 0.717) is 5.92 Å². The largest absolute Gasteiger partial charge is 0.469 e. The average molecular weight is 369 g/mol. The Balaban J connectivity index is 1.64. The lowest BCUT2D eigenvalue weighted by atomic mass is 9.71. The summed E-state index contributed by atoms with van der Waals surface area (Å²) >= 11 is 0. The van der Waals surface area contributed by atoms with Gasteiger partial charge in [0.05, 0.1) is 24.4 Å². The fourth-order valence-corrected chi connectivity index (χ4v) is 3.71. The van der Waals surface area contributed by atoms with Crippen molar-refractivity contribution < 1.29 is 9.53 Å². The Morgan fingerprint density at radius 2 is 1.46 bits per heavy atom. The van der Waals surface area contributed by atoms with Crippen LogP contribution in [0.5, 0.6) is 0 Å². The van der Waals surface area contributed by atoms with Crippen molar-refractivity contribution in [2.45, 2.75) is 18.8 Å². The van der Waals surface area contributed by atoms with E-state index in [9.17, 15) is 4.79 Å². The number of nitrogens with zero attached hydrogens (tertiary/aromatic N) is 1. The van der Waals surface area contributed by atoms with Crippen LogP contribution in [0.3, 0.4) is 0 Å². The minimum absolute atomic E-state index is 0.0337. The van der Waals surface area contributed by atoms with E-state index in [1.54, 1.807) is 0 Å². The molecule has 0 heterocycles. The first-order valence-corrected chi connectivity index (χ1v) is 9.62. The summed E-state index contributed by atoms with van der Waals surface area (Å²) in [6, 6.07) is 28.9. The highest BCUT2D eigenvalue weighted by atomic mass is 16.5. The quantitative estimate of drug-likeness (QED) is 0.439. The lowest BCUT2D eigenvalue weighted by molar-refractivity contribution is -0.148. The molecule has 3 aromatic rings. The van der Waals surface area contributed by atoms with Crippen molar-refractivity contribution in [3.63, 3.8) is 0 Å². The molecule has 0 saturated heterocycles. The molecule has 0 radical (unpaired) electrons. The molecule has 0 amide bonds. The van der Waals surface area contributed by atoms with Gasteiger partial charge in [-0.05, 0) is 36.5 Å². The van der Waals surface area contributed by atoms with E-state index in [2.05, 4.69) is 36.4 Å². The number of benzene rings is 3. The molecular weight excluding hydrogens is 346 g/mol. The maximum Gasteiger partial charge on any atom is 0.308 e. The average Bonchev–Trinajstić information content (AvgIpc) is 2.72. The van der Waals surface area contributed by atoms with Gasteiger partial charge < -0.3 is 4.74 Å². The Bertz CT molecular complexity index is 932. The Kier molecular flexibility index (Phi) is 5.34. The lowest BCUT2D eigenvalue weighted by Gasteiger charge is -2.33. The van der Waals surface area contributed by atoms with Gasteiger partial charge in [-0.15, -0.1) is 0 Å². The second-order valence-corrected chi connectivity index (χ2v) is 7.18. The smallest absolute Gasteiger partial charge is 0.308 e. The van der Waals surface area contributed by atoms with Gasteiger partial charge in [-0.2, -0.15) is 0 Å². The van der Waals surface area contributed by atoms with Crippen LogP contribution >= 0.6 is 0 Å². The molecular formula is C25H23NO2. The van der Waals surface area contributed by atoms with E-state index < -0.39 is 0 Å². The van der Waals surface area contributed by atoms with Gasteiger partial charge in [0.15, 0.2) is 0 Å². The number of ether oxygens (including phenoxy) is 1. The van der Waals surface area contributed by atoms with Gasteiger partial charge in [-0.3, -0.25) is 4.79 Å². The van der Waals surface area contributed by atoms with E-state index in [0.717, 1.165) is 35.4 Å². The number of hydrogen-bond acceptors (Lipinski definition) is 3. The minimum atomic E-state index is -0.0964. The van der Waals surface area contributed by atoms with Crippen LogP contribution in [0.4, 0.5) is 5.69 Å². The first kappa shape index (κ1) is 18.2. The van der Waals surface area contributed by atoms with Crippen molar-refractivity contribution >= 4 is 17.4 Å². The van der Waals surface area contributed by atoms with Crippen LogP contribution < -0.4 is 0 Å². The van der Waals surface area contributed by atoms with E-state index >= 15 is 0 Å². The highest BCUT2D eigenvalue weighted by molar-refractivity contribution is 6.13. The number of methoxy groups -OCH3 is 1. The van der Waals surface area contributed by atoms with Crippen LogP contribution in [0.2, 0.25) is 0 Å². The van der Waals surface area contributed by atoms with Gasteiger partial charge in [0.25, 0.3) is 0 Å². The molecule has 1 saturated carbocycles. The first-order valence-electron chi connectivity index (χ1n) is 9.62. The maximum absolute atomic E-state index is 11.7. The van der Waals surface area contributed by atoms with Gasteiger partial charge >= 0.3 is 5.97 Å². The highest BCUT2D eigenvalue weighted by Crippen LogP contribution is 2.42. The molecule has 1 aliphatic carbocycles. The van der Waals surface area contributed by atoms with Crippen molar-refractivity contribution in [1.82, 2.24) is 0 Å². The minimum Gasteiger partial charge on any atom is -0.469 e. The molecule has 28 heavy (non-hydrogen) atoms. The molecule has 3 aromatic carbocycles. The number of esters is 1. The Morgan fingerprint density at radius 3 is 2.04 bits per heavy atom. The summed E-state index contributed by atoms with van der Waals surface area (Å²) in [5.41, 5.74) is 5.31. The lowest BCUT2D eigenvalue weighted by Crippen LogP contribution is -2.29. The van der Waals surface area contributed by atoms with Crippen molar-refractivity contribution in [2.24, 2.45) is 10.9 Å². The molecule has 0 aromatic heterocycles. The zero-order chi connectivity index (χ0) is 19.3. The van der Waals surface area contributed by atoms with Gasteiger partial charge in [0.2, 0.25) is 0 Å². The SMILES string of the molecule is COC(=O)C1CC(c2cccc(N=C(c3ccccc3)c3ccccc3)c2)C1. The zero-order valence-corrected chi connectivity index (χ0v) is 15.9. The van der Waals surface area contributed by atoms with Crippen LogP contribution in [0.25, 0.3) is 0 Å². The van der Waals surface area contributed by atoms with Gasteiger partial charge in [0.1, 0.15) is 0 Å². The third-order valence-electron chi connectivity index (χ3n) is 5.35. The number of carbonyl (C=O) groups excluding carboxylic acids is 1. The molecule has 0 unspecified atom stereocenters. The molecule has 0 spiro atoms. The van der Waals surface area contributed by atoms with Gasteiger partial charge in [-0.25, -0.2) is 4.99 Å².